The van der Waals surface area contributed by atoms with Crippen molar-refractivity contribution in [3.63, 3.8) is 0 Å². The van der Waals surface area contributed by atoms with Gasteiger partial charge in [0.2, 0.25) is 5.91 Å². The van der Waals surface area contributed by atoms with Gasteiger partial charge in [-0.05, 0) is 42.5 Å². The van der Waals surface area contributed by atoms with E-state index in [1.165, 1.54) is 17.2 Å². The van der Waals surface area contributed by atoms with Crippen molar-refractivity contribution < 1.29 is 28.5 Å². The largest absolute Gasteiger partial charge is 0.496 e. The summed E-state index contributed by atoms with van der Waals surface area (Å²) in [5.74, 6) is 1.24. The lowest BCUT2D eigenvalue weighted by Crippen LogP contribution is -2.66. The highest BCUT2D eigenvalue weighted by atomic mass is 16.5. The van der Waals surface area contributed by atoms with Crippen LogP contribution in [0.2, 0.25) is 0 Å². The van der Waals surface area contributed by atoms with E-state index >= 15 is 0 Å². The molecular weight excluding hydrogens is 520 g/mol. The zero-order chi connectivity index (χ0) is 28.7. The fourth-order valence-electron chi connectivity index (χ4n) is 6.80. The summed E-state index contributed by atoms with van der Waals surface area (Å²) < 4.78 is 23.5. The van der Waals surface area contributed by atoms with Gasteiger partial charge in [-0.2, -0.15) is 0 Å². The predicted molar refractivity (Wildman–Crippen MR) is 154 cm³/mol. The van der Waals surface area contributed by atoms with Gasteiger partial charge in [0.25, 0.3) is 0 Å². The van der Waals surface area contributed by atoms with Crippen LogP contribution in [0.15, 0.2) is 60.7 Å². The Bertz CT molecular complexity index is 1520. The van der Waals surface area contributed by atoms with Gasteiger partial charge in [0.1, 0.15) is 12.4 Å². The number of piperazine rings is 1. The zero-order valence-electron chi connectivity index (χ0n) is 23.7. The molecule has 2 bridgehead atoms. The number of nitrogens with one attached hydrogen (secondary N) is 1. The first-order valence-corrected chi connectivity index (χ1v) is 13.8. The maximum atomic E-state index is 14.1. The molecule has 1 fully saturated rings. The second-order valence-electron chi connectivity index (χ2n) is 10.6. The van der Waals surface area contributed by atoms with Crippen molar-refractivity contribution in [1.82, 2.24) is 10.2 Å². The Labute approximate surface area is 239 Å². The summed E-state index contributed by atoms with van der Waals surface area (Å²) in [7, 11) is 4.82. The Morgan fingerprint density at radius 2 is 1.66 bits per heavy atom. The summed E-state index contributed by atoms with van der Waals surface area (Å²) in [6.07, 6.45) is 4.27. The number of hydrogen-bond acceptors (Lipinski definition) is 7. The number of esters is 1. The van der Waals surface area contributed by atoms with Gasteiger partial charge in [-0.25, -0.2) is 4.79 Å². The Kier molecular flexibility index (Phi) is 7.17. The lowest BCUT2D eigenvalue weighted by Gasteiger charge is -2.54. The summed E-state index contributed by atoms with van der Waals surface area (Å²) >= 11 is 0. The van der Waals surface area contributed by atoms with Gasteiger partial charge in [-0.3, -0.25) is 10.1 Å². The Hall–Kier alpha value is -4.30. The van der Waals surface area contributed by atoms with Gasteiger partial charge in [0, 0.05) is 22.8 Å². The fourth-order valence-corrected chi connectivity index (χ4v) is 6.80. The number of amides is 1. The van der Waals surface area contributed by atoms with E-state index in [0.717, 1.165) is 22.3 Å². The molecule has 0 spiro atoms. The molecule has 212 valence electrons. The van der Waals surface area contributed by atoms with Crippen molar-refractivity contribution in [2.24, 2.45) is 0 Å². The number of carbonyl (C=O) groups excluding carboxylic acids is 2. The number of fused-ring (bicyclic) bond motifs is 7. The van der Waals surface area contributed by atoms with E-state index in [1.807, 2.05) is 54.3 Å². The average Bonchev–Trinajstić information content (AvgIpc) is 3.00. The minimum Gasteiger partial charge on any atom is -0.496 e. The Balaban J connectivity index is 1.45. The molecular formula is C33H34N2O6. The fraction of sp³-hybridized carbons (Fsp3) is 0.333. The van der Waals surface area contributed by atoms with Crippen LogP contribution in [-0.2, 0) is 27.2 Å². The average molecular weight is 555 g/mol. The van der Waals surface area contributed by atoms with Crippen LogP contribution in [0.4, 0.5) is 0 Å². The number of nitrogens with zero attached hydrogens (tertiary/aromatic N) is 1. The molecule has 41 heavy (non-hydrogen) atoms. The number of carbonyl (C=O) groups is 2. The van der Waals surface area contributed by atoms with Crippen LogP contribution in [0.25, 0.3) is 6.08 Å². The first kappa shape index (κ1) is 26.9. The van der Waals surface area contributed by atoms with Gasteiger partial charge in [-0.15, -0.1) is 0 Å². The summed E-state index contributed by atoms with van der Waals surface area (Å²) in [5, 5.41) is 3.61. The second kappa shape index (κ2) is 10.9. The topological polar surface area (TPSA) is 86.3 Å². The molecule has 0 saturated carbocycles. The second-order valence-corrected chi connectivity index (χ2v) is 10.6. The van der Waals surface area contributed by atoms with E-state index in [-0.39, 0.29) is 30.6 Å². The summed E-state index contributed by atoms with van der Waals surface area (Å²) in [4.78, 5) is 29.0. The van der Waals surface area contributed by atoms with Gasteiger partial charge in [0.05, 0.1) is 45.5 Å². The molecule has 8 heteroatoms. The summed E-state index contributed by atoms with van der Waals surface area (Å²) in [6.45, 7) is 1.90. The van der Waals surface area contributed by atoms with Crippen LogP contribution in [0.1, 0.15) is 45.5 Å². The first-order chi connectivity index (χ1) is 20.0. The molecule has 1 amide bonds. The van der Waals surface area contributed by atoms with Crippen molar-refractivity contribution in [3.8, 4) is 17.2 Å². The van der Waals surface area contributed by atoms with Crippen molar-refractivity contribution in [3.05, 3.63) is 94.1 Å². The molecule has 3 aliphatic heterocycles. The quantitative estimate of drug-likeness (QED) is 0.344. The van der Waals surface area contributed by atoms with Crippen LogP contribution < -0.4 is 19.5 Å². The highest BCUT2D eigenvalue weighted by Crippen LogP contribution is 2.53. The minimum absolute atomic E-state index is 0.0205. The maximum Gasteiger partial charge on any atom is 0.330 e. The number of ether oxygens (including phenoxy) is 4. The lowest BCUT2D eigenvalue weighted by atomic mass is 9.75. The number of methoxy groups -OCH3 is 3. The monoisotopic (exact) mass is 554 g/mol. The van der Waals surface area contributed by atoms with Gasteiger partial charge < -0.3 is 23.8 Å². The van der Waals surface area contributed by atoms with E-state index in [4.69, 9.17) is 18.9 Å². The summed E-state index contributed by atoms with van der Waals surface area (Å²) in [6, 6.07) is 16.6. The first-order valence-electron chi connectivity index (χ1n) is 13.8. The van der Waals surface area contributed by atoms with Crippen molar-refractivity contribution in [2.75, 3.05) is 27.9 Å². The van der Waals surface area contributed by atoms with Gasteiger partial charge >= 0.3 is 5.97 Å². The molecule has 3 aromatic rings. The SMILES string of the molecule is COc1c(C)c(OC)c(OC)c2c1C[C@H]1[C@@H]3N[C@@H](Cc4ccccc43)C(=O)N1[C@H]2COC(=O)/C=C/c1ccccc1. The van der Waals surface area contributed by atoms with Gasteiger partial charge in [-0.1, -0.05) is 54.6 Å². The molecule has 0 aliphatic carbocycles. The number of benzene rings is 3. The van der Waals surface area contributed by atoms with E-state index < -0.39 is 12.0 Å². The molecule has 1 saturated heterocycles. The molecule has 3 aromatic carbocycles. The Morgan fingerprint density at radius 1 is 0.951 bits per heavy atom. The van der Waals surface area contributed by atoms with Crippen LogP contribution in [-0.4, -0.2) is 56.8 Å². The molecule has 8 nitrogen and oxygen atoms in total. The zero-order valence-corrected chi connectivity index (χ0v) is 23.7. The third-order valence-electron chi connectivity index (χ3n) is 8.51. The Morgan fingerprint density at radius 3 is 2.39 bits per heavy atom. The normalized spacial score (nSPS) is 22.4. The number of hydrogen-bond donors (Lipinski definition) is 1. The van der Waals surface area contributed by atoms with Crippen LogP contribution in [0.3, 0.4) is 0 Å². The van der Waals surface area contributed by atoms with Crippen molar-refractivity contribution >= 4 is 18.0 Å². The van der Waals surface area contributed by atoms with Crippen LogP contribution in [0, 0.1) is 6.92 Å². The molecule has 0 unspecified atom stereocenters. The van der Waals surface area contributed by atoms with Crippen molar-refractivity contribution in [1.29, 1.82) is 0 Å². The highest BCUT2D eigenvalue weighted by Gasteiger charge is 2.52. The molecule has 3 heterocycles. The predicted octanol–water partition coefficient (Wildman–Crippen LogP) is 4.34. The number of rotatable bonds is 7. The molecule has 4 atom stereocenters. The standard InChI is InChI=1S/C33H34N2O6/c1-19-30(38-2)23-17-25-29-22-13-9-8-12-21(22)16-24(34-29)33(37)35(25)26(28(23)32(40-4)31(19)39-3)18-41-27(36)15-14-20-10-6-5-7-11-20/h5-15,24-26,29,34H,16-18H2,1-4H3/b15-14+/t24-,25-,26-,29+/m0/s1. The molecule has 6 rings (SSSR count). The van der Waals surface area contributed by atoms with E-state index in [1.54, 1.807) is 27.4 Å². The maximum absolute atomic E-state index is 14.1. The lowest BCUT2D eigenvalue weighted by molar-refractivity contribution is -0.153. The highest BCUT2D eigenvalue weighted by molar-refractivity contribution is 5.88. The van der Waals surface area contributed by atoms with E-state index in [2.05, 4.69) is 17.4 Å². The molecule has 0 radical (unpaired) electrons. The smallest absolute Gasteiger partial charge is 0.330 e. The third kappa shape index (κ3) is 4.52. The van der Waals surface area contributed by atoms with Crippen LogP contribution >= 0.6 is 0 Å². The third-order valence-corrected chi connectivity index (χ3v) is 8.51. The van der Waals surface area contributed by atoms with E-state index in [9.17, 15) is 9.59 Å². The van der Waals surface area contributed by atoms with Gasteiger partial charge in [0.15, 0.2) is 11.5 Å². The van der Waals surface area contributed by atoms with Crippen LogP contribution in [0.5, 0.6) is 17.2 Å². The summed E-state index contributed by atoms with van der Waals surface area (Å²) in [5.41, 5.74) is 5.77. The van der Waals surface area contributed by atoms with E-state index in [0.29, 0.717) is 30.1 Å². The molecule has 3 aliphatic rings. The minimum atomic E-state index is -0.596. The molecule has 1 N–H and O–H groups in total. The van der Waals surface area contributed by atoms with Crippen molar-refractivity contribution in [2.45, 2.75) is 43.9 Å². The molecule has 0 aromatic heterocycles.